The van der Waals surface area contributed by atoms with E-state index in [2.05, 4.69) is 5.16 Å². The van der Waals surface area contributed by atoms with Crippen LogP contribution >= 0.6 is 0 Å². The topological polar surface area (TPSA) is 72.0 Å². The molecule has 0 radical (unpaired) electrons. The van der Waals surface area contributed by atoms with Gasteiger partial charge in [0.2, 0.25) is 0 Å². The summed E-state index contributed by atoms with van der Waals surface area (Å²) in [6.07, 6.45) is 0. The minimum absolute atomic E-state index is 0.207. The summed E-state index contributed by atoms with van der Waals surface area (Å²) in [6.45, 7) is 1.86. The number of ether oxygens (including phenoxy) is 1. The van der Waals surface area contributed by atoms with Crippen LogP contribution in [0, 0.1) is 0 Å². The average molecular weight is 233 g/mol. The third-order valence-corrected chi connectivity index (χ3v) is 2.21. The van der Waals surface area contributed by atoms with Crippen LogP contribution in [0.4, 0.5) is 0 Å². The molecule has 1 aromatic heterocycles. The molecule has 0 saturated heterocycles. The van der Waals surface area contributed by atoms with Crippen LogP contribution in [0.5, 0.6) is 5.75 Å². The molecule has 88 valence electrons. The molecule has 0 aliphatic carbocycles. The van der Waals surface area contributed by atoms with Crippen molar-refractivity contribution in [3.8, 4) is 5.75 Å². The van der Waals surface area contributed by atoms with Gasteiger partial charge >= 0.3 is 5.63 Å². The van der Waals surface area contributed by atoms with E-state index in [1.54, 1.807) is 31.2 Å². The molecule has 1 heterocycles. The van der Waals surface area contributed by atoms with Crippen molar-refractivity contribution >= 4 is 16.7 Å². The predicted octanol–water partition coefficient (Wildman–Crippen LogP) is 2.02. The smallest absolute Gasteiger partial charge is 0.336 e. The average Bonchev–Trinajstić information content (AvgIpc) is 2.35. The fourth-order valence-corrected chi connectivity index (χ4v) is 1.36. The molecule has 0 amide bonds. The maximum Gasteiger partial charge on any atom is 0.336 e. The maximum atomic E-state index is 11.0. The van der Waals surface area contributed by atoms with Gasteiger partial charge in [-0.1, -0.05) is 5.16 Å². The van der Waals surface area contributed by atoms with Gasteiger partial charge in [0.05, 0.1) is 5.71 Å². The molecule has 0 spiro atoms. The predicted molar refractivity (Wildman–Crippen MR) is 62.9 cm³/mol. The van der Waals surface area contributed by atoms with Crippen molar-refractivity contribution in [1.82, 2.24) is 0 Å². The lowest BCUT2D eigenvalue weighted by Crippen LogP contribution is -2.07. The summed E-state index contributed by atoms with van der Waals surface area (Å²) in [4.78, 5) is 11.0. The zero-order valence-corrected chi connectivity index (χ0v) is 9.21. The van der Waals surface area contributed by atoms with E-state index in [0.29, 0.717) is 17.0 Å². The highest BCUT2D eigenvalue weighted by molar-refractivity contribution is 5.83. The van der Waals surface area contributed by atoms with Crippen LogP contribution in [0.25, 0.3) is 11.0 Å². The lowest BCUT2D eigenvalue weighted by molar-refractivity contribution is 0.307. The first-order chi connectivity index (χ1) is 8.19. The first-order valence-electron chi connectivity index (χ1n) is 5.03. The Balaban J connectivity index is 2.26. The van der Waals surface area contributed by atoms with Crippen LogP contribution in [0.3, 0.4) is 0 Å². The van der Waals surface area contributed by atoms with Gasteiger partial charge in [-0.2, -0.15) is 0 Å². The Kier molecular flexibility index (Phi) is 3.09. The third kappa shape index (κ3) is 2.63. The fourth-order valence-electron chi connectivity index (χ4n) is 1.36. The Morgan fingerprint density at radius 2 is 2.24 bits per heavy atom. The van der Waals surface area contributed by atoms with E-state index in [4.69, 9.17) is 14.4 Å². The summed E-state index contributed by atoms with van der Waals surface area (Å²) in [5.41, 5.74) is 0.608. The highest BCUT2D eigenvalue weighted by Gasteiger charge is 2.01. The highest BCUT2D eigenvalue weighted by Crippen LogP contribution is 2.19. The molecule has 0 fully saturated rings. The SMILES string of the molecule is C/C(COc1ccc2oc(=O)ccc2c1)=N\O. The summed E-state index contributed by atoms with van der Waals surface area (Å²) in [5.74, 6) is 0.620. The van der Waals surface area contributed by atoms with Crippen molar-refractivity contribution in [1.29, 1.82) is 0 Å². The van der Waals surface area contributed by atoms with Crippen LogP contribution in [0.1, 0.15) is 6.92 Å². The van der Waals surface area contributed by atoms with Crippen LogP contribution in [-0.4, -0.2) is 17.5 Å². The van der Waals surface area contributed by atoms with Gasteiger partial charge in [-0.05, 0) is 31.2 Å². The van der Waals surface area contributed by atoms with Gasteiger partial charge in [-0.15, -0.1) is 0 Å². The van der Waals surface area contributed by atoms with Gasteiger partial charge in [0, 0.05) is 11.5 Å². The first kappa shape index (κ1) is 11.2. The molecule has 2 rings (SSSR count). The van der Waals surface area contributed by atoms with Crippen molar-refractivity contribution in [2.45, 2.75) is 6.92 Å². The fraction of sp³-hybridized carbons (Fsp3) is 0.167. The molecule has 5 heteroatoms. The van der Waals surface area contributed by atoms with Gasteiger partial charge in [0.1, 0.15) is 17.9 Å². The zero-order valence-electron chi connectivity index (χ0n) is 9.21. The van der Waals surface area contributed by atoms with Crippen molar-refractivity contribution < 1.29 is 14.4 Å². The van der Waals surface area contributed by atoms with E-state index < -0.39 is 0 Å². The molecule has 0 bridgehead atoms. The quantitative estimate of drug-likeness (QED) is 0.381. The number of oxime groups is 1. The monoisotopic (exact) mass is 233 g/mol. The second-order valence-corrected chi connectivity index (χ2v) is 3.58. The minimum Gasteiger partial charge on any atom is -0.488 e. The van der Waals surface area contributed by atoms with E-state index >= 15 is 0 Å². The molecule has 2 aromatic rings. The standard InChI is InChI=1S/C12H11NO4/c1-8(13-15)7-16-10-3-4-11-9(6-10)2-5-12(14)17-11/h2-6,15H,7H2,1H3/b13-8+. The Morgan fingerprint density at radius 3 is 3.00 bits per heavy atom. The number of benzene rings is 1. The lowest BCUT2D eigenvalue weighted by Gasteiger charge is -2.05. The molecule has 1 aromatic carbocycles. The van der Waals surface area contributed by atoms with Crippen molar-refractivity contribution in [3.63, 3.8) is 0 Å². The van der Waals surface area contributed by atoms with Gasteiger partial charge < -0.3 is 14.4 Å². The largest absolute Gasteiger partial charge is 0.488 e. The van der Waals surface area contributed by atoms with Gasteiger partial charge in [-0.3, -0.25) is 0 Å². The molecule has 0 atom stereocenters. The molecule has 0 aliphatic heterocycles. The Bertz CT molecular complexity index is 615. The van der Waals surface area contributed by atoms with Crippen molar-refractivity contribution in [2.75, 3.05) is 6.61 Å². The molecule has 5 nitrogen and oxygen atoms in total. The molecular weight excluding hydrogens is 222 g/mol. The number of rotatable bonds is 3. The minimum atomic E-state index is -0.380. The summed E-state index contributed by atoms with van der Waals surface area (Å²) in [5, 5.41) is 12.3. The number of hydrogen-bond acceptors (Lipinski definition) is 5. The maximum absolute atomic E-state index is 11.0. The zero-order chi connectivity index (χ0) is 12.3. The molecule has 1 N–H and O–H groups in total. The van der Waals surface area contributed by atoms with Crippen LogP contribution < -0.4 is 10.4 Å². The second kappa shape index (κ2) is 4.69. The van der Waals surface area contributed by atoms with Crippen LogP contribution in [-0.2, 0) is 0 Å². The summed E-state index contributed by atoms with van der Waals surface area (Å²) in [6, 6.07) is 8.13. The number of nitrogens with zero attached hydrogens (tertiary/aromatic N) is 1. The first-order valence-corrected chi connectivity index (χ1v) is 5.03. The lowest BCUT2D eigenvalue weighted by atomic mass is 10.2. The Labute approximate surface area is 96.9 Å². The number of fused-ring (bicyclic) bond motifs is 1. The molecule has 0 unspecified atom stereocenters. The van der Waals surface area contributed by atoms with Crippen molar-refractivity contribution in [3.05, 3.63) is 40.8 Å². The molecule has 0 aliphatic rings. The highest BCUT2D eigenvalue weighted by atomic mass is 16.5. The van der Waals surface area contributed by atoms with E-state index in [0.717, 1.165) is 5.39 Å². The molecule has 0 saturated carbocycles. The summed E-state index contributed by atoms with van der Waals surface area (Å²) >= 11 is 0. The Hall–Kier alpha value is -2.30. The van der Waals surface area contributed by atoms with Crippen LogP contribution in [0.2, 0.25) is 0 Å². The summed E-state index contributed by atoms with van der Waals surface area (Å²) in [7, 11) is 0. The van der Waals surface area contributed by atoms with E-state index in [9.17, 15) is 4.79 Å². The number of hydrogen-bond donors (Lipinski definition) is 1. The van der Waals surface area contributed by atoms with Gasteiger partial charge in [0.15, 0.2) is 0 Å². The summed E-state index contributed by atoms with van der Waals surface area (Å²) < 4.78 is 10.4. The Morgan fingerprint density at radius 1 is 1.41 bits per heavy atom. The molecule has 17 heavy (non-hydrogen) atoms. The van der Waals surface area contributed by atoms with Gasteiger partial charge in [0.25, 0.3) is 0 Å². The van der Waals surface area contributed by atoms with Crippen LogP contribution in [0.15, 0.2) is 44.7 Å². The third-order valence-electron chi connectivity index (χ3n) is 2.21. The van der Waals surface area contributed by atoms with Crippen molar-refractivity contribution in [2.24, 2.45) is 5.16 Å². The second-order valence-electron chi connectivity index (χ2n) is 3.58. The van der Waals surface area contributed by atoms with Gasteiger partial charge in [-0.25, -0.2) is 4.79 Å². The molecular formula is C12H11NO4. The normalized spacial score (nSPS) is 11.7. The van der Waals surface area contributed by atoms with E-state index in [-0.39, 0.29) is 12.2 Å². The van der Waals surface area contributed by atoms with E-state index in [1.165, 1.54) is 6.07 Å². The van der Waals surface area contributed by atoms with E-state index in [1.807, 2.05) is 0 Å².